The van der Waals surface area contributed by atoms with Crippen molar-refractivity contribution in [3.63, 3.8) is 0 Å². The molecule has 0 radical (unpaired) electrons. The number of fused-ring (bicyclic) bond motifs is 1. The third-order valence-corrected chi connectivity index (χ3v) is 3.86. The van der Waals surface area contributed by atoms with E-state index in [1.165, 1.54) is 7.11 Å². The van der Waals surface area contributed by atoms with Crippen molar-refractivity contribution in [1.29, 1.82) is 0 Å². The highest BCUT2D eigenvalue weighted by Gasteiger charge is 2.12. The van der Waals surface area contributed by atoms with Gasteiger partial charge in [-0.1, -0.05) is 23.7 Å². The lowest BCUT2D eigenvalue weighted by molar-refractivity contribution is 0.0601. The van der Waals surface area contributed by atoms with E-state index in [2.05, 4.69) is 4.98 Å². The lowest BCUT2D eigenvalue weighted by Gasteiger charge is -2.09. The number of nitrogens with zero attached hydrogens (tertiary/aromatic N) is 2. The van der Waals surface area contributed by atoms with Gasteiger partial charge in [0.05, 0.1) is 35.1 Å². The number of hydrogen-bond donors (Lipinski definition) is 0. The van der Waals surface area contributed by atoms with Gasteiger partial charge in [-0.2, -0.15) is 0 Å². The maximum Gasteiger partial charge on any atom is 0.337 e. The van der Waals surface area contributed by atoms with Crippen LogP contribution in [0.5, 0.6) is 0 Å². The molecule has 0 aliphatic rings. The van der Waals surface area contributed by atoms with Gasteiger partial charge in [-0.05, 0) is 36.7 Å². The average molecular weight is 325 g/mol. The van der Waals surface area contributed by atoms with E-state index in [-0.39, 0.29) is 5.97 Å². The summed E-state index contributed by atoms with van der Waals surface area (Å²) in [5.41, 5.74) is 4.57. The molecule has 4 nitrogen and oxygen atoms in total. The van der Waals surface area contributed by atoms with Crippen molar-refractivity contribution in [2.75, 3.05) is 7.11 Å². The van der Waals surface area contributed by atoms with E-state index in [0.29, 0.717) is 16.1 Å². The molecule has 0 amide bonds. The predicted octanol–water partition coefficient (Wildman–Crippen LogP) is 2.87. The minimum Gasteiger partial charge on any atom is -0.465 e. The molecule has 3 rings (SSSR count). The quantitative estimate of drug-likeness (QED) is 0.549. The molecule has 2 aromatic carbocycles. The fourth-order valence-corrected chi connectivity index (χ4v) is 2.55. The smallest absolute Gasteiger partial charge is 0.337 e. The summed E-state index contributed by atoms with van der Waals surface area (Å²) in [6.07, 6.45) is 0.739. The molecule has 3 aromatic rings. The van der Waals surface area contributed by atoms with Crippen LogP contribution in [0.25, 0.3) is 22.3 Å². The van der Waals surface area contributed by atoms with E-state index < -0.39 is 0 Å². The summed E-state index contributed by atoms with van der Waals surface area (Å²) in [5.74, 6) is -0.381. The second-order valence-corrected chi connectivity index (χ2v) is 5.51. The van der Waals surface area contributed by atoms with Crippen LogP contribution in [-0.4, -0.2) is 30.9 Å². The molecule has 0 aliphatic carbocycles. The molecule has 114 valence electrons. The Morgan fingerprint density at radius 1 is 1.13 bits per heavy atom. The van der Waals surface area contributed by atoms with E-state index in [1.807, 2.05) is 32.1 Å². The third-order valence-electron chi connectivity index (χ3n) is 3.61. The van der Waals surface area contributed by atoms with Gasteiger partial charge in [-0.25, -0.2) is 14.8 Å². The molecule has 6 heteroatoms. The van der Waals surface area contributed by atoms with Crippen LogP contribution in [-0.2, 0) is 11.1 Å². The molecule has 0 spiro atoms. The monoisotopic (exact) mass is 324 g/mol. The first-order chi connectivity index (χ1) is 11.1. The highest BCUT2D eigenvalue weighted by Crippen LogP contribution is 2.25. The molecule has 0 saturated heterocycles. The van der Waals surface area contributed by atoms with Crippen molar-refractivity contribution in [3.8, 4) is 11.3 Å². The van der Waals surface area contributed by atoms with E-state index in [1.54, 1.807) is 18.2 Å². The number of methoxy groups -OCH3 is 1. The number of rotatable bonds is 3. The van der Waals surface area contributed by atoms with E-state index in [4.69, 9.17) is 21.3 Å². The minimum absolute atomic E-state index is 0.381. The topological polar surface area (TPSA) is 52.1 Å². The largest absolute Gasteiger partial charge is 0.465 e. The van der Waals surface area contributed by atoms with Crippen LogP contribution >= 0.6 is 11.6 Å². The van der Waals surface area contributed by atoms with Gasteiger partial charge in [-0.3, -0.25) is 0 Å². The Bertz CT molecular complexity index is 882. The Morgan fingerprint density at radius 2 is 1.87 bits per heavy atom. The summed E-state index contributed by atoms with van der Waals surface area (Å²) in [6.45, 7) is 0. The zero-order chi connectivity index (χ0) is 16.4. The zero-order valence-corrected chi connectivity index (χ0v) is 13.6. The minimum atomic E-state index is -0.381. The lowest BCUT2D eigenvalue weighted by Crippen LogP contribution is -2.03. The van der Waals surface area contributed by atoms with Crippen LogP contribution < -0.4 is 0 Å². The van der Waals surface area contributed by atoms with Gasteiger partial charge >= 0.3 is 5.97 Å². The standard InChI is InChI=1S/C17H14BClN2O2/c1-23-17(22)11-4-7-13-14(8-11)20-15(9-18)16(21-13)10-2-5-12(19)6-3-10/h2-8H,9,18H2,1H3. The molecule has 0 N–H and O–H groups in total. The number of esters is 1. The Hall–Kier alpha value is -2.40. The Morgan fingerprint density at radius 3 is 2.52 bits per heavy atom. The van der Waals surface area contributed by atoms with Gasteiger partial charge in [0.2, 0.25) is 0 Å². The van der Waals surface area contributed by atoms with Gasteiger partial charge < -0.3 is 4.74 Å². The van der Waals surface area contributed by atoms with Gasteiger partial charge in [-0.15, -0.1) is 0 Å². The third kappa shape index (κ3) is 3.05. The summed E-state index contributed by atoms with van der Waals surface area (Å²) in [5, 5.41) is 0.684. The Balaban J connectivity index is 2.16. The molecule has 0 fully saturated rings. The van der Waals surface area contributed by atoms with Crippen LogP contribution in [0.1, 0.15) is 16.1 Å². The van der Waals surface area contributed by atoms with E-state index in [9.17, 15) is 4.79 Å². The van der Waals surface area contributed by atoms with E-state index >= 15 is 0 Å². The number of ether oxygens (including phenoxy) is 1. The van der Waals surface area contributed by atoms with Gasteiger partial charge in [0.25, 0.3) is 0 Å². The fraction of sp³-hybridized carbons (Fsp3) is 0.118. The number of aromatic nitrogens is 2. The van der Waals surface area contributed by atoms with Crippen LogP contribution in [0.2, 0.25) is 5.02 Å². The molecule has 0 unspecified atom stereocenters. The van der Waals surface area contributed by atoms with Crippen molar-refractivity contribution in [3.05, 3.63) is 58.7 Å². The summed E-state index contributed by atoms with van der Waals surface area (Å²) in [6, 6.07) is 12.7. The molecule has 1 heterocycles. The van der Waals surface area contributed by atoms with Gasteiger partial charge in [0.15, 0.2) is 0 Å². The zero-order valence-electron chi connectivity index (χ0n) is 12.8. The van der Waals surface area contributed by atoms with Crippen molar-refractivity contribution >= 4 is 36.4 Å². The average Bonchev–Trinajstić information content (AvgIpc) is 2.60. The molecule has 0 bridgehead atoms. The Kier molecular flexibility index (Phi) is 4.30. The number of benzene rings is 2. The number of carbonyl (C=O) groups is 1. The van der Waals surface area contributed by atoms with Gasteiger partial charge in [0.1, 0.15) is 7.85 Å². The number of carbonyl (C=O) groups excluding carboxylic acids is 1. The van der Waals surface area contributed by atoms with Crippen LogP contribution in [0.15, 0.2) is 42.5 Å². The summed E-state index contributed by atoms with van der Waals surface area (Å²) in [7, 11) is 3.39. The van der Waals surface area contributed by atoms with Crippen molar-refractivity contribution < 1.29 is 9.53 Å². The van der Waals surface area contributed by atoms with Crippen molar-refractivity contribution in [2.45, 2.75) is 6.32 Å². The first-order valence-corrected chi connectivity index (χ1v) is 7.65. The molecule has 1 aromatic heterocycles. The molecular weight excluding hydrogens is 310 g/mol. The highest BCUT2D eigenvalue weighted by molar-refractivity contribution is 6.30. The van der Waals surface area contributed by atoms with Crippen LogP contribution in [0.3, 0.4) is 0 Å². The Labute approximate surface area is 139 Å². The highest BCUT2D eigenvalue weighted by atomic mass is 35.5. The summed E-state index contributed by atoms with van der Waals surface area (Å²) < 4.78 is 4.75. The van der Waals surface area contributed by atoms with Crippen LogP contribution in [0, 0.1) is 0 Å². The molecule has 0 aliphatic heterocycles. The normalized spacial score (nSPS) is 10.7. The maximum absolute atomic E-state index is 11.6. The summed E-state index contributed by atoms with van der Waals surface area (Å²) in [4.78, 5) is 21.0. The lowest BCUT2D eigenvalue weighted by atomic mass is 9.97. The maximum atomic E-state index is 11.6. The van der Waals surface area contributed by atoms with Crippen molar-refractivity contribution in [1.82, 2.24) is 9.97 Å². The molecular formula is C17H14BClN2O2. The summed E-state index contributed by atoms with van der Waals surface area (Å²) >= 11 is 5.95. The second-order valence-electron chi connectivity index (χ2n) is 5.07. The van der Waals surface area contributed by atoms with Gasteiger partial charge in [0, 0.05) is 10.6 Å². The first-order valence-electron chi connectivity index (χ1n) is 7.27. The first kappa shape index (κ1) is 15.5. The van der Waals surface area contributed by atoms with Crippen molar-refractivity contribution in [2.24, 2.45) is 0 Å². The fourth-order valence-electron chi connectivity index (χ4n) is 2.42. The number of halogens is 1. The molecule has 23 heavy (non-hydrogen) atoms. The van der Waals surface area contributed by atoms with E-state index in [0.717, 1.165) is 28.8 Å². The number of hydrogen-bond acceptors (Lipinski definition) is 4. The van der Waals surface area contributed by atoms with Crippen LogP contribution in [0.4, 0.5) is 0 Å². The predicted molar refractivity (Wildman–Crippen MR) is 93.6 cm³/mol. The molecule has 0 saturated carbocycles. The SMILES string of the molecule is BCc1nc2cc(C(=O)OC)ccc2nc1-c1ccc(Cl)cc1. The molecule has 0 atom stereocenters. The second kappa shape index (κ2) is 6.38.